The third-order valence-corrected chi connectivity index (χ3v) is 11.3. The molecule has 14 nitrogen and oxygen atoms in total. The molecule has 4 fully saturated rings. The minimum Gasteiger partial charge on any atom is -0.506 e. The van der Waals surface area contributed by atoms with E-state index in [1.165, 1.54) is 43.5 Å². The largest absolute Gasteiger partial charge is 0.506 e. The fourth-order valence-electron chi connectivity index (χ4n) is 6.27. The standard InChI is InChI=1S/C16H17FN4O3S.C15H15FN4O3S/c17-15-12(10-7-18-20(8-10)11-3-1-2-4-11)5-6-13(22)16(15)21-9-14(23)19-25(21)24;16-14-11(9-6-17-19(7-9)10-2-1-3-10)4-5-12(21)15(14)20-8-13(22)18-24(20)23/h5-8,11,22H,1-4,9H2,(H,19,23);4-7,10,21H,1-3,8H2,(H,18,22). The maximum atomic E-state index is 15.0. The summed E-state index contributed by atoms with van der Waals surface area (Å²) in [5.74, 6) is -3.17. The zero-order valence-electron chi connectivity index (χ0n) is 25.9. The van der Waals surface area contributed by atoms with Gasteiger partial charge in [-0.1, -0.05) is 12.8 Å². The van der Waals surface area contributed by atoms with Gasteiger partial charge in [0.25, 0.3) is 11.8 Å². The van der Waals surface area contributed by atoms with Crippen LogP contribution in [0.25, 0.3) is 22.3 Å². The number of halogens is 2. The fourth-order valence-corrected chi connectivity index (χ4v) is 8.16. The molecule has 4 aliphatic rings. The van der Waals surface area contributed by atoms with Gasteiger partial charge in [-0.2, -0.15) is 10.2 Å². The highest BCUT2D eigenvalue weighted by molar-refractivity contribution is 7.86. The van der Waals surface area contributed by atoms with Gasteiger partial charge >= 0.3 is 0 Å². The lowest BCUT2D eigenvalue weighted by Crippen LogP contribution is -2.23. The third-order valence-electron chi connectivity index (χ3n) is 9.04. The van der Waals surface area contributed by atoms with Crippen LogP contribution in [-0.4, -0.2) is 63.1 Å². The summed E-state index contributed by atoms with van der Waals surface area (Å²) in [7, 11) is 0. The van der Waals surface area contributed by atoms with E-state index in [0.29, 0.717) is 23.2 Å². The molecule has 2 aromatic carbocycles. The van der Waals surface area contributed by atoms with Crippen molar-refractivity contribution in [2.24, 2.45) is 0 Å². The quantitative estimate of drug-likeness (QED) is 0.234. The third kappa shape index (κ3) is 6.25. The topological polar surface area (TPSA) is 175 Å². The molecule has 49 heavy (non-hydrogen) atoms. The smallest absolute Gasteiger partial charge is 0.253 e. The molecule has 2 atom stereocenters. The van der Waals surface area contributed by atoms with Gasteiger partial charge in [0.15, 0.2) is 11.6 Å². The molecule has 4 heterocycles. The zero-order chi connectivity index (χ0) is 34.4. The van der Waals surface area contributed by atoms with Crippen molar-refractivity contribution < 1.29 is 37.0 Å². The average molecular weight is 715 g/mol. The number of hydrogen-bond acceptors (Lipinski definition) is 8. The number of phenolic OH excluding ortho intramolecular Hbond substituents is 2. The predicted molar refractivity (Wildman–Crippen MR) is 176 cm³/mol. The number of aromatic hydroxyl groups is 2. The second-order valence-electron chi connectivity index (χ2n) is 12.2. The van der Waals surface area contributed by atoms with Crippen molar-refractivity contribution in [2.75, 3.05) is 21.7 Å². The van der Waals surface area contributed by atoms with Crippen molar-refractivity contribution in [3.05, 3.63) is 60.7 Å². The van der Waals surface area contributed by atoms with Crippen molar-refractivity contribution in [3.63, 3.8) is 0 Å². The van der Waals surface area contributed by atoms with Crippen LogP contribution in [0.2, 0.25) is 0 Å². The van der Waals surface area contributed by atoms with E-state index in [1.807, 2.05) is 9.36 Å². The molecule has 2 aliphatic heterocycles. The summed E-state index contributed by atoms with van der Waals surface area (Å²) in [6, 6.07) is 6.26. The van der Waals surface area contributed by atoms with Crippen molar-refractivity contribution in [2.45, 2.75) is 57.0 Å². The Hall–Kier alpha value is -4.84. The van der Waals surface area contributed by atoms with Crippen molar-refractivity contribution in [3.8, 4) is 33.8 Å². The highest BCUT2D eigenvalue weighted by atomic mass is 32.2. The van der Waals surface area contributed by atoms with E-state index >= 15 is 4.39 Å². The zero-order valence-corrected chi connectivity index (χ0v) is 27.6. The van der Waals surface area contributed by atoms with Crippen LogP contribution in [0.5, 0.6) is 11.5 Å². The van der Waals surface area contributed by atoms with Gasteiger partial charge in [-0.3, -0.25) is 37.0 Å². The number of nitrogens with zero attached hydrogens (tertiary/aromatic N) is 6. The first kappa shape index (κ1) is 32.7. The average Bonchev–Trinajstić information content (AvgIpc) is 3.87. The maximum absolute atomic E-state index is 15.0. The number of carbonyl (C=O) groups excluding carboxylic acids is 2. The molecular weight excluding hydrogens is 683 g/mol. The van der Waals surface area contributed by atoms with E-state index in [9.17, 15) is 32.6 Å². The molecule has 0 bridgehead atoms. The Morgan fingerprint density at radius 3 is 1.43 bits per heavy atom. The first-order valence-electron chi connectivity index (χ1n) is 15.7. The first-order chi connectivity index (χ1) is 23.6. The van der Waals surface area contributed by atoms with Crippen LogP contribution in [0, 0.1) is 11.6 Å². The van der Waals surface area contributed by atoms with Gasteiger partial charge < -0.3 is 10.2 Å². The molecule has 2 amide bonds. The lowest BCUT2D eigenvalue weighted by Gasteiger charge is -2.25. The molecule has 0 radical (unpaired) electrons. The number of carbonyl (C=O) groups is 2. The second-order valence-corrected chi connectivity index (χ2v) is 14.4. The Morgan fingerprint density at radius 2 is 1.08 bits per heavy atom. The van der Waals surface area contributed by atoms with E-state index in [0.717, 1.165) is 34.3 Å². The SMILES string of the molecule is O=C1CN(c2c(O)ccc(-c3cnn(C4CCC4)c3)c2F)S(=O)N1.O=C1CN(c2c(O)ccc(-c3cnn(C4CCCC4)c3)c2F)S(=O)N1. The predicted octanol–water partition coefficient (Wildman–Crippen LogP) is 3.66. The molecule has 2 aromatic heterocycles. The number of aromatic nitrogens is 4. The van der Waals surface area contributed by atoms with Gasteiger partial charge in [-0.05, 0) is 56.4 Å². The maximum Gasteiger partial charge on any atom is 0.253 e. The van der Waals surface area contributed by atoms with Gasteiger partial charge in [0, 0.05) is 34.6 Å². The van der Waals surface area contributed by atoms with Crippen LogP contribution in [0.3, 0.4) is 0 Å². The summed E-state index contributed by atoms with van der Waals surface area (Å²) in [6.07, 6.45) is 14.5. The van der Waals surface area contributed by atoms with Crippen LogP contribution in [0.15, 0.2) is 49.1 Å². The number of hydrogen-bond donors (Lipinski definition) is 4. The lowest BCUT2D eigenvalue weighted by atomic mass is 9.93. The van der Waals surface area contributed by atoms with Crippen molar-refractivity contribution in [1.82, 2.24) is 29.0 Å². The number of anilines is 2. The van der Waals surface area contributed by atoms with E-state index in [1.54, 1.807) is 24.8 Å². The molecule has 18 heteroatoms. The Kier molecular flexibility index (Phi) is 8.82. The lowest BCUT2D eigenvalue weighted by molar-refractivity contribution is -0.118. The van der Waals surface area contributed by atoms with Gasteiger partial charge in [0.2, 0.25) is 22.3 Å². The molecule has 2 saturated carbocycles. The molecule has 258 valence electrons. The summed E-state index contributed by atoms with van der Waals surface area (Å²) in [5, 5.41) is 28.6. The summed E-state index contributed by atoms with van der Waals surface area (Å²) < 4.78 is 63.9. The highest BCUT2D eigenvalue weighted by Gasteiger charge is 2.34. The normalized spacial score (nSPS) is 21.0. The summed E-state index contributed by atoms with van der Waals surface area (Å²) in [6.45, 7) is -0.552. The van der Waals surface area contributed by atoms with Crippen LogP contribution in [-0.2, 0) is 31.9 Å². The van der Waals surface area contributed by atoms with E-state index in [-0.39, 0.29) is 47.1 Å². The minimum absolute atomic E-state index is 0.240. The molecule has 2 saturated heterocycles. The Morgan fingerprint density at radius 1 is 0.673 bits per heavy atom. The summed E-state index contributed by atoms with van der Waals surface area (Å²) in [5.41, 5.74) is 1.14. The van der Waals surface area contributed by atoms with E-state index in [4.69, 9.17) is 0 Å². The Balaban J connectivity index is 0.000000154. The van der Waals surface area contributed by atoms with Crippen LogP contribution in [0.1, 0.15) is 57.0 Å². The number of phenols is 2. The first-order valence-corrected chi connectivity index (χ1v) is 17.9. The second kappa shape index (κ2) is 13.2. The van der Waals surface area contributed by atoms with Gasteiger partial charge in [-0.15, -0.1) is 0 Å². The number of benzene rings is 2. The van der Waals surface area contributed by atoms with Crippen LogP contribution < -0.4 is 18.1 Å². The number of rotatable bonds is 6. The number of nitrogens with one attached hydrogen (secondary N) is 2. The molecule has 0 spiro atoms. The van der Waals surface area contributed by atoms with Gasteiger partial charge in [0.05, 0.1) is 24.5 Å². The van der Waals surface area contributed by atoms with Crippen molar-refractivity contribution >= 4 is 45.5 Å². The van der Waals surface area contributed by atoms with Gasteiger partial charge in [0.1, 0.15) is 36.0 Å². The summed E-state index contributed by atoms with van der Waals surface area (Å²) in [4.78, 5) is 22.8. The Bertz CT molecular complexity index is 1990. The van der Waals surface area contributed by atoms with Crippen molar-refractivity contribution in [1.29, 1.82) is 0 Å². The molecule has 2 unspecified atom stereocenters. The van der Waals surface area contributed by atoms with E-state index < -0.39 is 45.8 Å². The molecular formula is C31H32F2N8O6S2. The van der Waals surface area contributed by atoms with Crippen LogP contribution >= 0.6 is 0 Å². The minimum atomic E-state index is -1.91. The molecule has 4 N–H and O–H groups in total. The van der Waals surface area contributed by atoms with Gasteiger partial charge in [-0.25, -0.2) is 17.2 Å². The summed E-state index contributed by atoms with van der Waals surface area (Å²) >= 11 is -3.82. The highest BCUT2D eigenvalue weighted by Crippen LogP contribution is 2.40. The molecule has 8 rings (SSSR count). The van der Waals surface area contributed by atoms with E-state index in [2.05, 4.69) is 19.6 Å². The number of amides is 2. The van der Waals surface area contributed by atoms with Crippen LogP contribution in [0.4, 0.5) is 20.2 Å². The fraction of sp³-hybridized carbons (Fsp3) is 0.355. The molecule has 2 aliphatic carbocycles. The Labute approximate surface area is 284 Å². The molecule has 4 aromatic rings. The monoisotopic (exact) mass is 714 g/mol.